The highest BCUT2D eigenvalue weighted by Gasteiger charge is 2.77. The average Bonchev–Trinajstić information content (AvgIpc) is 2.53. The van der Waals surface area contributed by atoms with Gasteiger partial charge in [0.05, 0.1) is 0 Å². The van der Waals surface area contributed by atoms with Gasteiger partial charge in [0.2, 0.25) is 0 Å². The Balaban J connectivity index is 2.42. The van der Waals surface area contributed by atoms with Crippen LogP contribution in [0.1, 0.15) is 32.6 Å². The van der Waals surface area contributed by atoms with Crippen molar-refractivity contribution in [2.45, 2.75) is 44.7 Å². The van der Waals surface area contributed by atoms with Crippen LogP contribution in [0.15, 0.2) is 0 Å². The smallest absolute Gasteiger partial charge is 0.206 e. The lowest BCUT2D eigenvalue weighted by molar-refractivity contribution is -0.168. The van der Waals surface area contributed by atoms with E-state index in [4.69, 9.17) is 0 Å². The SMILES string of the molecule is CCCCCC1[C@@H](C(F)(F)F)C1(F)F. The lowest BCUT2D eigenvalue weighted by Crippen LogP contribution is -2.15. The zero-order valence-corrected chi connectivity index (χ0v) is 7.87. The predicted octanol–water partition coefficient (Wildman–Crippen LogP) is 4.01. The van der Waals surface area contributed by atoms with E-state index in [0.717, 1.165) is 12.8 Å². The first-order chi connectivity index (χ1) is 6.31. The number of rotatable bonds is 4. The van der Waals surface area contributed by atoms with Crippen LogP contribution in [-0.2, 0) is 0 Å². The second-order valence-corrected chi connectivity index (χ2v) is 3.80. The molecule has 1 rings (SSSR count). The van der Waals surface area contributed by atoms with E-state index in [0.29, 0.717) is 6.42 Å². The molecule has 0 saturated heterocycles. The van der Waals surface area contributed by atoms with Crippen molar-refractivity contribution in [2.75, 3.05) is 0 Å². The molecule has 1 unspecified atom stereocenters. The molecule has 0 aromatic heterocycles. The van der Waals surface area contributed by atoms with Crippen molar-refractivity contribution in [3.63, 3.8) is 0 Å². The highest BCUT2D eigenvalue weighted by molar-refractivity contribution is 5.08. The zero-order chi connectivity index (χ0) is 11.0. The molecule has 1 fully saturated rings. The van der Waals surface area contributed by atoms with Crippen LogP contribution in [0.4, 0.5) is 22.0 Å². The fourth-order valence-electron chi connectivity index (χ4n) is 1.81. The van der Waals surface area contributed by atoms with Gasteiger partial charge in [-0.3, -0.25) is 0 Å². The number of unbranched alkanes of at least 4 members (excludes halogenated alkanes) is 2. The van der Waals surface area contributed by atoms with Crippen LogP contribution < -0.4 is 0 Å². The summed E-state index contributed by atoms with van der Waals surface area (Å²) in [4.78, 5) is 0. The summed E-state index contributed by atoms with van der Waals surface area (Å²) in [6.07, 6.45) is -2.74. The van der Waals surface area contributed by atoms with Crippen molar-refractivity contribution in [3.05, 3.63) is 0 Å². The molecule has 0 spiro atoms. The average molecular weight is 216 g/mol. The van der Waals surface area contributed by atoms with Gasteiger partial charge in [-0.25, -0.2) is 8.78 Å². The standard InChI is InChI=1S/C9H13F5/c1-2-3-4-5-6-7(8(6,10)11)9(12,13)14/h6-7H,2-5H2,1H3/t6?,7-/m1/s1. The van der Waals surface area contributed by atoms with Crippen molar-refractivity contribution in [1.29, 1.82) is 0 Å². The number of hydrogen-bond donors (Lipinski definition) is 0. The number of halogens is 5. The minimum absolute atomic E-state index is 0.00891. The summed E-state index contributed by atoms with van der Waals surface area (Å²) in [5.74, 6) is -7.35. The first kappa shape index (κ1) is 11.7. The Bertz CT molecular complexity index is 196. The Morgan fingerprint density at radius 3 is 2.07 bits per heavy atom. The van der Waals surface area contributed by atoms with Gasteiger partial charge >= 0.3 is 6.18 Å². The summed E-state index contributed by atoms with van der Waals surface area (Å²) in [6.45, 7) is 1.88. The fraction of sp³-hybridized carbons (Fsp3) is 1.00. The topological polar surface area (TPSA) is 0 Å². The molecule has 0 N–H and O–H groups in total. The van der Waals surface area contributed by atoms with E-state index in [1.807, 2.05) is 6.92 Å². The van der Waals surface area contributed by atoms with E-state index in [1.54, 1.807) is 0 Å². The molecule has 0 aromatic rings. The Morgan fingerprint density at radius 1 is 1.14 bits per heavy atom. The van der Waals surface area contributed by atoms with E-state index in [9.17, 15) is 22.0 Å². The van der Waals surface area contributed by atoms with Crippen LogP contribution in [0, 0.1) is 11.8 Å². The van der Waals surface area contributed by atoms with Gasteiger partial charge in [-0.15, -0.1) is 0 Å². The molecular weight excluding hydrogens is 203 g/mol. The zero-order valence-electron chi connectivity index (χ0n) is 7.87. The quantitative estimate of drug-likeness (QED) is 0.492. The molecule has 84 valence electrons. The second kappa shape index (κ2) is 3.66. The van der Waals surface area contributed by atoms with Gasteiger partial charge in [-0.1, -0.05) is 26.2 Å². The maximum Gasteiger partial charge on any atom is 0.398 e. The molecule has 14 heavy (non-hydrogen) atoms. The van der Waals surface area contributed by atoms with Crippen molar-refractivity contribution < 1.29 is 22.0 Å². The van der Waals surface area contributed by atoms with Gasteiger partial charge in [0.25, 0.3) is 5.92 Å². The first-order valence-electron chi connectivity index (χ1n) is 4.76. The molecule has 0 aromatic carbocycles. The van der Waals surface area contributed by atoms with E-state index in [2.05, 4.69) is 0 Å². The van der Waals surface area contributed by atoms with Gasteiger partial charge in [0, 0.05) is 5.92 Å². The summed E-state index contributed by atoms with van der Waals surface area (Å²) < 4.78 is 61.4. The highest BCUT2D eigenvalue weighted by Crippen LogP contribution is 2.64. The van der Waals surface area contributed by atoms with E-state index < -0.39 is 23.9 Å². The summed E-state index contributed by atoms with van der Waals surface area (Å²) >= 11 is 0. The Hall–Kier alpha value is -0.350. The van der Waals surface area contributed by atoms with E-state index in [1.165, 1.54) is 0 Å². The molecule has 1 aliphatic rings. The molecule has 0 bridgehead atoms. The second-order valence-electron chi connectivity index (χ2n) is 3.80. The highest BCUT2D eigenvalue weighted by atomic mass is 19.4. The Morgan fingerprint density at radius 2 is 1.71 bits per heavy atom. The minimum Gasteiger partial charge on any atom is -0.206 e. The van der Waals surface area contributed by atoms with Gasteiger partial charge < -0.3 is 0 Å². The molecule has 0 aliphatic heterocycles. The third kappa shape index (κ3) is 2.17. The van der Waals surface area contributed by atoms with Crippen molar-refractivity contribution in [1.82, 2.24) is 0 Å². The molecule has 1 aliphatic carbocycles. The fourth-order valence-corrected chi connectivity index (χ4v) is 1.81. The molecule has 0 nitrogen and oxygen atoms in total. The summed E-state index contributed by atoms with van der Waals surface area (Å²) in [5, 5.41) is 0. The lowest BCUT2D eigenvalue weighted by atomic mass is 10.1. The molecular formula is C9H13F5. The predicted molar refractivity (Wildman–Crippen MR) is 42.1 cm³/mol. The lowest BCUT2D eigenvalue weighted by Gasteiger charge is -2.02. The van der Waals surface area contributed by atoms with Crippen LogP contribution in [0.2, 0.25) is 0 Å². The Labute approximate surface area is 79.5 Å². The van der Waals surface area contributed by atoms with Gasteiger partial charge in [0.15, 0.2) is 0 Å². The van der Waals surface area contributed by atoms with Crippen LogP contribution >= 0.6 is 0 Å². The van der Waals surface area contributed by atoms with E-state index >= 15 is 0 Å². The molecule has 0 radical (unpaired) electrons. The van der Waals surface area contributed by atoms with Crippen LogP contribution in [0.25, 0.3) is 0 Å². The molecule has 1 saturated carbocycles. The van der Waals surface area contributed by atoms with Crippen LogP contribution in [0.3, 0.4) is 0 Å². The summed E-state index contributed by atoms with van der Waals surface area (Å²) in [5.41, 5.74) is 0. The molecule has 0 amide bonds. The van der Waals surface area contributed by atoms with Gasteiger partial charge in [0.1, 0.15) is 5.92 Å². The summed E-state index contributed by atoms with van der Waals surface area (Å²) in [6, 6.07) is 0. The van der Waals surface area contributed by atoms with Crippen molar-refractivity contribution >= 4 is 0 Å². The molecule has 0 heterocycles. The maximum absolute atomic E-state index is 12.7. The monoisotopic (exact) mass is 216 g/mol. The third-order valence-electron chi connectivity index (χ3n) is 2.67. The minimum atomic E-state index is -4.74. The summed E-state index contributed by atoms with van der Waals surface area (Å²) in [7, 11) is 0. The normalized spacial score (nSPS) is 30.4. The molecule has 2 atom stereocenters. The Kier molecular flexibility index (Phi) is 3.07. The van der Waals surface area contributed by atoms with Crippen molar-refractivity contribution in [3.8, 4) is 0 Å². The van der Waals surface area contributed by atoms with Crippen LogP contribution in [-0.4, -0.2) is 12.1 Å². The van der Waals surface area contributed by atoms with Crippen LogP contribution in [0.5, 0.6) is 0 Å². The first-order valence-corrected chi connectivity index (χ1v) is 4.76. The van der Waals surface area contributed by atoms with Gasteiger partial charge in [-0.05, 0) is 6.42 Å². The van der Waals surface area contributed by atoms with Gasteiger partial charge in [-0.2, -0.15) is 13.2 Å². The maximum atomic E-state index is 12.7. The third-order valence-corrected chi connectivity index (χ3v) is 2.67. The van der Waals surface area contributed by atoms with Crippen molar-refractivity contribution in [2.24, 2.45) is 11.8 Å². The number of alkyl halides is 5. The largest absolute Gasteiger partial charge is 0.398 e. The van der Waals surface area contributed by atoms with E-state index in [-0.39, 0.29) is 6.42 Å². The molecule has 5 heteroatoms. The number of hydrogen-bond acceptors (Lipinski definition) is 0.